The van der Waals surface area contributed by atoms with E-state index in [9.17, 15) is 9.59 Å². The van der Waals surface area contributed by atoms with Crippen LogP contribution >= 0.6 is 23.4 Å². The first kappa shape index (κ1) is 22.6. The van der Waals surface area contributed by atoms with Crippen molar-refractivity contribution in [1.82, 2.24) is 4.90 Å². The number of anilines is 1. The van der Waals surface area contributed by atoms with Gasteiger partial charge >= 0.3 is 0 Å². The Labute approximate surface area is 207 Å². The fourth-order valence-corrected chi connectivity index (χ4v) is 6.23. The van der Waals surface area contributed by atoms with Gasteiger partial charge in [-0.1, -0.05) is 35.9 Å². The molecule has 2 aliphatic heterocycles. The third-order valence-electron chi connectivity index (χ3n) is 6.25. The number of amides is 2. The largest absolute Gasteiger partial charge is 0.497 e. The predicted molar refractivity (Wildman–Crippen MR) is 134 cm³/mol. The number of fused-ring (bicyclic) bond motifs is 2. The lowest BCUT2D eigenvalue weighted by atomic mass is 10.0. The highest BCUT2D eigenvalue weighted by Crippen LogP contribution is 2.55. The summed E-state index contributed by atoms with van der Waals surface area (Å²) in [4.78, 5) is 30.1. The van der Waals surface area contributed by atoms with Gasteiger partial charge in [0.2, 0.25) is 0 Å². The van der Waals surface area contributed by atoms with Crippen LogP contribution in [0.1, 0.15) is 21.5 Å². The summed E-state index contributed by atoms with van der Waals surface area (Å²) in [5, 5.41) is 0.592. The summed E-state index contributed by atoms with van der Waals surface area (Å²) in [6.45, 7) is 0.754. The number of rotatable bonds is 5. The zero-order valence-corrected chi connectivity index (χ0v) is 20.4. The van der Waals surface area contributed by atoms with E-state index in [1.165, 1.54) is 11.8 Å². The quantitative estimate of drug-likeness (QED) is 0.502. The zero-order valence-electron chi connectivity index (χ0n) is 18.8. The van der Waals surface area contributed by atoms with Crippen LogP contribution in [0.5, 0.6) is 11.5 Å². The van der Waals surface area contributed by atoms with Crippen LogP contribution in [0.2, 0.25) is 5.02 Å². The second-order valence-electron chi connectivity index (χ2n) is 8.05. The predicted octanol–water partition coefficient (Wildman–Crippen LogP) is 4.95. The van der Waals surface area contributed by atoms with Crippen molar-refractivity contribution < 1.29 is 19.1 Å². The molecule has 174 valence electrons. The van der Waals surface area contributed by atoms with Crippen molar-refractivity contribution in [2.75, 3.05) is 31.4 Å². The molecule has 2 heterocycles. The van der Waals surface area contributed by atoms with Gasteiger partial charge in [0.25, 0.3) is 11.8 Å². The minimum atomic E-state index is -1.18. The molecular weight excluding hydrogens is 472 g/mol. The molecule has 8 heteroatoms. The average Bonchev–Trinajstić information content (AvgIpc) is 3.41. The molecule has 1 saturated heterocycles. The smallest absolute Gasteiger partial charge is 0.268 e. The van der Waals surface area contributed by atoms with E-state index in [1.807, 2.05) is 42.5 Å². The Morgan fingerprint density at radius 2 is 1.79 bits per heavy atom. The number of thioether (sulfide) groups is 1. The number of ether oxygens (including phenoxy) is 2. The van der Waals surface area contributed by atoms with Gasteiger partial charge in [-0.25, -0.2) is 0 Å². The molecule has 0 bridgehead atoms. The third-order valence-corrected chi connectivity index (χ3v) is 8.04. The molecule has 0 aliphatic carbocycles. The Balaban J connectivity index is 1.61. The van der Waals surface area contributed by atoms with Gasteiger partial charge in [-0.15, -0.1) is 11.8 Å². The molecular formula is C26H23ClN2O4S. The number of nitrogens with zero attached hydrogens (tertiary/aromatic N) is 2. The van der Waals surface area contributed by atoms with Crippen LogP contribution < -0.4 is 14.4 Å². The summed E-state index contributed by atoms with van der Waals surface area (Å²) in [6, 6.07) is 20.1. The van der Waals surface area contributed by atoms with Gasteiger partial charge in [-0.05, 0) is 48.0 Å². The normalized spacial score (nSPS) is 19.0. The highest BCUT2D eigenvalue weighted by molar-refractivity contribution is 8.01. The molecule has 0 saturated carbocycles. The van der Waals surface area contributed by atoms with Crippen molar-refractivity contribution in [2.24, 2.45) is 0 Å². The molecule has 3 aromatic rings. The number of benzene rings is 3. The molecule has 0 unspecified atom stereocenters. The minimum absolute atomic E-state index is 0.158. The topological polar surface area (TPSA) is 59.1 Å². The Bertz CT molecular complexity index is 1280. The van der Waals surface area contributed by atoms with Crippen LogP contribution in [0.4, 0.5) is 5.69 Å². The highest BCUT2D eigenvalue weighted by atomic mass is 35.5. The fraction of sp³-hybridized carbons (Fsp3) is 0.231. The Hall–Kier alpha value is -3.16. The average molecular weight is 495 g/mol. The Morgan fingerprint density at radius 1 is 1.03 bits per heavy atom. The van der Waals surface area contributed by atoms with Gasteiger partial charge in [-0.2, -0.15) is 0 Å². The lowest BCUT2D eigenvalue weighted by Crippen LogP contribution is -2.50. The van der Waals surface area contributed by atoms with Crippen molar-refractivity contribution in [3.05, 3.63) is 88.4 Å². The molecule has 6 nitrogen and oxygen atoms in total. The Kier molecular flexibility index (Phi) is 5.91. The first-order chi connectivity index (χ1) is 16.5. The van der Waals surface area contributed by atoms with Crippen molar-refractivity contribution in [2.45, 2.75) is 11.4 Å². The second-order valence-corrected chi connectivity index (χ2v) is 9.74. The van der Waals surface area contributed by atoms with Crippen LogP contribution in [0.15, 0.2) is 66.7 Å². The maximum Gasteiger partial charge on any atom is 0.268 e. The maximum absolute atomic E-state index is 14.2. The van der Waals surface area contributed by atoms with Gasteiger partial charge in [-0.3, -0.25) is 9.59 Å². The van der Waals surface area contributed by atoms with E-state index in [4.69, 9.17) is 21.1 Å². The third kappa shape index (κ3) is 3.51. The van der Waals surface area contributed by atoms with E-state index in [2.05, 4.69) is 0 Å². The van der Waals surface area contributed by atoms with E-state index in [1.54, 1.807) is 48.3 Å². The van der Waals surface area contributed by atoms with E-state index >= 15 is 0 Å². The van der Waals surface area contributed by atoms with Gasteiger partial charge in [0.15, 0.2) is 4.87 Å². The molecule has 0 radical (unpaired) electrons. The summed E-state index contributed by atoms with van der Waals surface area (Å²) < 4.78 is 10.8. The zero-order chi connectivity index (χ0) is 23.9. The number of hydrogen-bond donors (Lipinski definition) is 0. The number of hydrogen-bond acceptors (Lipinski definition) is 5. The van der Waals surface area contributed by atoms with Crippen molar-refractivity contribution >= 4 is 40.9 Å². The molecule has 2 amide bonds. The highest BCUT2D eigenvalue weighted by Gasteiger charge is 2.59. The van der Waals surface area contributed by atoms with E-state index in [-0.39, 0.29) is 11.8 Å². The molecule has 2 aliphatic rings. The summed E-state index contributed by atoms with van der Waals surface area (Å²) in [6.07, 6.45) is 0. The first-order valence-corrected chi connectivity index (χ1v) is 12.2. The molecule has 0 N–H and O–H groups in total. The van der Waals surface area contributed by atoms with Crippen molar-refractivity contribution in [3.63, 3.8) is 0 Å². The molecule has 5 rings (SSSR count). The summed E-state index contributed by atoms with van der Waals surface area (Å²) in [5.74, 6) is 1.48. The van der Waals surface area contributed by atoms with Crippen molar-refractivity contribution in [1.29, 1.82) is 0 Å². The summed E-state index contributed by atoms with van der Waals surface area (Å²) in [5.41, 5.74) is 2.82. The SMILES string of the molecule is COc1cccc(C(=O)N2CCS[C@@]23C(=O)N(Cc2ccccc2Cl)c2ccc(OC)cc23)c1. The lowest BCUT2D eigenvalue weighted by Gasteiger charge is -2.33. The number of carbonyl (C=O) groups is 2. The summed E-state index contributed by atoms with van der Waals surface area (Å²) >= 11 is 7.90. The molecule has 34 heavy (non-hydrogen) atoms. The van der Waals surface area contributed by atoms with Crippen LogP contribution in [-0.2, 0) is 16.2 Å². The second kappa shape index (κ2) is 8.89. The van der Waals surface area contributed by atoms with Crippen LogP contribution in [0.3, 0.4) is 0 Å². The molecule has 0 aromatic heterocycles. The summed E-state index contributed by atoms with van der Waals surface area (Å²) in [7, 11) is 3.15. The number of carbonyl (C=O) groups excluding carboxylic acids is 2. The van der Waals surface area contributed by atoms with Gasteiger partial charge < -0.3 is 19.3 Å². The standard InChI is InChI=1S/C26H23ClN2O4S/c1-32-19-8-5-7-17(14-19)24(30)29-12-13-34-26(29)21-15-20(33-2)10-11-23(21)28(25(26)31)16-18-6-3-4-9-22(18)27/h3-11,14-15H,12-13,16H2,1-2H3/t26-/m0/s1. The fourth-order valence-electron chi connectivity index (χ4n) is 4.59. The van der Waals surface area contributed by atoms with Crippen LogP contribution in [0, 0.1) is 0 Å². The molecule has 1 spiro atoms. The number of halogens is 1. The number of methoxy groups -OCH3 is 2. The van der Waals surface area contributed by atoms with Gasteiger partial charge in [0.05, 0.1) is 26.5 Å². The van der Waals surface area contributed by atoms with E-state index in [0.717, 1.165) is 16.8 Å². The minimum Gasteiger partial charge on any atom is -0.497 e. The Morgan fingerprint density at radius 3 is 2.56 bits per heavy atom. The van der Waals surface area contributed by atoms with Gasteiger partial charge in [0.1, 0.15) is 11.5 Å². The van der Waals surface area contributed by atoms with Crippen LogP contribution in [0.25, 0.3) is 0 Å². The lowest BCUT2D eigenvalue weighted by molar-refractivity contribution is -0.123. The maximum atomic E-state index is 14.2. The van der Waals surface area contributed by atoms with Crippen LogP contribution in [-0.4, -0.2) is 43.2 Å². The monoisotopic (exact) mass is 494 g/mol. The molecule has 3 aromatic carbocycles. The van der Waals surface area contributed by atoms with E-state index in [0.29, 0.717) is 40.9 Å². The first-order valence-electron chi connectivity index (χ1n) is 10.8. The van der Waals surface area contributed by atoms with Crippen molar-refractivity contribution in [3.8, 4) is 11.5 Å². The molecule has 1 atom stereocenters. The molecule has 1 fully saturated rings. The van der Waals surface area contributed by atoms with Gasteiger partial charge in [0, 0.05) is 28.4 Å². The van der Waals surface area contributed by atoms with E-state index < -0.39 is 4.87 Å².